The van der Waals surface area contributed by atoms with E-state index in [4.69, 9.17) is 19.5 Å². The van der Waals surface area contributed by atoms with E-state index in [0.29, 0.717) is 43.8 Å². The SMILES string of the molecule is [2H]c1c([2H])c([2H])c(-c2ccccc2-c2c3ccccc3c(-c3c([2H])c([2H])c4c(oc5c([2H])c6c([2H])c([2H])c([2H])c([2H])c6c([2H])c54)c3[2H])c3ccccc23)c([2H])c1[2H]. The first-order valence-corrected chi connectivity index (χ1v) is 13.6. The molecule has 1 nitrogen and oxygen atoms in total. The molecule has 0 N–H and O–H groups in total. The fourth-order valence-electron chi connectivity index (χ4n) is 5.97. The van der Waals surface area contributed by atoms with E-state index in [0.717, 1.165) is 0 Å². The van der Waals surface area contributed by atoms with Crippen LogP contribution in [-0.4, -0.2) is 0 Å². The van der Waals surface area contributed by atoms with Crippen LogP contribution in [0.2, 0.25) is 0 Å². The van der Waals surface area contributed by atoms with Crippen molar-refractivity contribution >= 4 is 54.3 Å². The Morgan fingerprint density at radius 3 is 1.65 bits per heavy atom. The highest BCUT2D eigenvalue weighted by molar-refractivity contribution is 6.23. The van der Waals surface area contributed by atoms with Gasteiger partial charge in [0.2, 0.25) is 0 Å². The van der Waals surface area contributed by atoms with Gasteiger partial charge < -0.3 is 4.42 Å². The molecular weight excluding hydrogens is 520 g/mol. The molecule has 0 spiro atoms. The molecule has 0 amide bonds. The summed E-state index contributed by atoms with van der Waals surface area (Å²) in [5.41, 5.74) is 1.74. The van der Waals surface area contributed by atoms with Crippen LogP contribution in [0.3, 0.4) is 0 Å². The molecule has 0 aliphatic rings. The van der Waals surface area contributed by atoms with Crippen molar-refractivity contribution in [3.05, 3.63) is 157 Å². The predicted octanol–water partition coefficient (Wildman–Crippen LogP) is 12.0. The molecule has 0 aliphatic heterocycles. The Kier molecular flexibility index (Phi) is 3.07. The Labute approximate surface area is 268 Å². The van der Waals surface area contributed by atoms with Crippen LogP contribution in [-0.2, 0) is 0 Å². The first-order chi connectivity index (χ1) is 27.2. The van der Waals surface area contributed by atoms with Crippen LogP contribution in [0, 0.1) is 0 Å². The van der Waals surface area contributed by atoms with Crippen LogP contribution in [0.1, 0.15) is 19.2 Å². The fraction of sp³-hybridized carbons (Fsp3) is 0. The zero-order valence-corrected chi connectivity index (χ0v) is 22.3. The quantitative estimate of drug-likeness (QED) is 0.196. The first kappa shape index (κ1) is 14.0. The Bertz CT molecular complexity index is 3210. The molecule has 9 aromatic rings. The lowest BCUT2D eigenvalue weighted by molar-refractivity contribution is 0.669. The van der Waals surface area contributed by atoms with Crippen LogP contribution in [0.4, 0.5) is 0 Å². The number of rotatable bonds is 3. The molecule has 0 atom stereocenters. The molecule has 43 heavy (non-hydrogen) atoms. The smallest absolute Gasteiger partial charge is 0.136 e. The third kappa shape index (κ3) is 3.72. The Morgan fingerprint density at radius 1 is 0.395 bits per heavy atom. The predicted molar refractivity (Wildman–Crippen MR) is 183 cm³/mol. The summed E-state index contributed by atoms with van der Waals surface area (Å²) in [5, 5.41) is 1.83. The van der Waals surface area contributed by atoms with Gasteiger partial charge in [-0.15, -0.1) is 0 Å². The van der Waals surface area contributed by atoms with Gasteiger partial charge in [-0.05, 0) is 89.9 Å². The Morgan fingerprint density at radius 2 is 0.953 bits per heavy atom. The highest BCUT2D eigenvalue weighted by Gasteiger charge is 2.19. The minimum atomic E-state index is -0.582. The summed E-state index contributed by atoms with van der Waals surface area (Å²) in [6.07, 6.45) is 0. The van der Waals surface area contributed by atoms with Crippen molar-refractivity contribution in [3.8, 4) is 33.4 Å². The minimum absolute atomic E-state index is 0.0353. The van der Waals surface area contributed by atoms with E-state index in [-0.39, 0.29) is 68.0 Å². The van der Waals surface area contributed by atoms with Gasteiger partial charge in [0.05, 0.1) is 19.2 Å². The van der Waals surface area contributed by atoms with Gasteiger partial charge in [0, 0.05) is 10.8 Å². The first-order valence-electron chi connectivity index (χ1n) is 20.6. The van der Waals surface area contributed by atoms with E-state index in [2.05, 4.69) is 0 Å². The van der Waals surface area contributed by atoms with E-state index < -0.39 is 60.4 Å². The van der Waals surface area contributed by atoms with Gasteiger partial charge in [-0.25, -0.2) is 0 Å². The van der Waals surface area contributed by atoms with Crippen molar-refractivity contribution in [1.82, 2.24) is 0 Å². The lowest BCUT2D eigenvalue weighted by atomic mass is 9.84. The summed E-state index contributed by atoms with van der Waals surface area (Å²) >= 11 is 0. The highest BCUT2D eigenvalue weighted by Crippen LogP contribution is 2.46. The summed E-state index contributed by atoms with van der Waals surface area (Å²) < 4.78 is 129. The molecule has 0 saturated carbocycles. The van der Waals surface area contributed by atoms with Gasteiger partial charge >= 0.3 is 0 Å². The molecule has 0 saturated heterocycles. The highest BCUT2D eigenvalue weighted by atomic mass is 16.3. The minimum Gasteiger partial charge on any atom is -0.456 e. The summed E-state index contributed by atoms with van der Waals surface area (Å²) in [6.45, 7) is 0. The summed E-state index contributed by atoms with van der Waals surface area (Å²) in [4.78, 5) is 0. The molecule has 0 fully saturated rings. The topological polar surface area (TPSA) is 13.1 Å². The fourth-order valence-corrected chi connectivity index (χ4v) is 5.97. The zero-order chi connectivity index (χ0) is 40.5. The maximum absolute atomic E-state index is 9.60. The standard InChI is InChI=1S/C42H26O/c1-2-12-27(13-3-1)31-16-6-7-17-33(31)42-36-20-10-8-18-34(36)41(35-19-9-11-21-37(35)42)30-22-23-32-38-24-28-14-4-5-15-29(28)25-40(38)43-39(32)26-30/h1-26H/i1D,2D,3D,4D,5D,12D,13D,14D,15D,22D,23D,24D,25D,26D. The molecule has 0 bridgehead atoms. The Hall–Kier alpha value is -5.66. The van der Waals surface area contributed by atoms with Crippen molar-refractivity contribution in [2.75, 3.05) is 0 Å². The van der Waals surface area contributed by atoms with E-state index in [9.17, 15) is 4.11 Å². The average Bonchev–Trinajstić information content (AvgIpc) is 3.63. The third-order valence-corrected chi connectivity index (χ3v) is 7.78. The summed E-state index contributed by atoms with van der Waals surface area (Å²) in [5.74, 6) is 0. The van der Waals surface area contributed by atoms with Gasteiger partial charge in [0.25, 0.3) is 0 Å². The maximum atomic E-state index is 9.60. The maximum Gasteiger partial charge on any atom is 0.136 e. The molecule has 1 heterocycles. The molecule has 0 unspecified atom stereocenters. The van der Waals surface area contributed by atoms with E-state index >= 15 is 0 Å². The summed E-state index contributed by atoms with van der Waals surface area (Å²) in [7, 11) is 0. The largest absolute Gasteiger partial charge is 0.456 e. The molecule has 200 valence electrons. The van der Waals surface area contributed by atoms with Crippen LogP contribution in [0.5, 0.6) is 0 Å². The normalized spacial score (nSPS) is 16.3. The molecule has 1 aromatic heterocycles. The Balaban J connectivity index is 1.41. The van der Waals surface area contributed by atoms with Crippen LogP contribution in [0.25, 0.3) is 87.6 Å². The molecular formula is C42H26O. The van der Waals surface area contributed by atoms with Gasteiger partial charge in [0.15, 0.2) is 0 Å². The molecule has 8 aromatic carbocycles. The van der Waals surface area contributed by atoms with Crippen molar-refractivity contribution < 1.29 is 23.6 Å². The van der Waals surface area contributed by atoms with Crippen LogP contribution < -0.4 is 0 Å². The van der Waals surface area contributed by atoms with Gasteiger partial charge in [-0.3, -0.25) is 0 Å². The van der Waals surface area contributed by atoms with Crippen molar-refractivity contribution in [3.63, 3.8) is 0 Å². The lowest BCUT2D eigenvalue weighted by Gasteiger charge is -2.19. The molecule has 0 aliphatic carbocycles. The van der Waals surface area contributed by atoms with E-state index in [1.54, 1.807) is 30.3 Å². The third-order valence-electron chi connectivity index (χ3n) is 7.78. The van der Waals surface area contributed by atoms with Gasteiger partial charge in [-0.1, -0.05) is 133 Å². The zero-order valence-electron chi connectivity index (χ0n) is 36.3. The van der Waals surface area contributed by atoms with Crippen molar-refractivity contribution in [2.24, 2.45) is 0 Å². The second-order valence-electron chi connectivity index (χ2n) is 10.1. The van der Waals surface area contributed by atoms with Crippen LogP contribution >= 0.6 is 0 Å². The van der Waals surface area contributed by atoms with Gasteiger partial charge in [-0.2, -0.15) is 0 Å². The van der Waals surface area contributed by atoms with Gasteiger partial charge in [0.1, 0.15) is 11.2 Å². The van der Waals surface area contributed by atoms with Crippen molar-refractivity contribution in [2.45, 2.75) is 0 Å². The second-order valence-corrected chi connectivity index (χ2v) is 10.1. The van der Waals surface area contributed by atoms with E-state index in [1.807, 2.05) is 42.5 Å². The number of benzene rings is 8. The number of hydrogen-bond acceptors (Lipinski definition) is 1. The lowest BCUT2D eigenvalue weighted by Crippen LogP contribution is -1.92. The van der Waals surface area contributed by atoms with E-state index in [1.165, 1.54) is 0 Å². The molecule has 1 heteroatoms. The average molecular weight is 561 g/mol. The number of furan rings is 1. The molecule has 9 rings (SSSR count). The second kappa shape index (κ2) is 9.44. The molecule has 0 radical (unpaired) electrons. The number of hydrogen-bond donors (Lipinski definition) is 0. The van der Waals surface area contributed by atoms with Crippen LogP contribution in [0.15, 0.2) is 162 Å². The monoisotopic (exact) mass is 560 g/mol. The summed E-state index contributed by atoms with van der Waals surface area (Å²) in [6, 6.07) is 15.4. The van der Waals surface area contributed by atoms with Crippen molar-refractivity contribution in [1.29, 1.82) is 0 Å². The number of fused-ring (bicyclic) bond motifs is 6.